The van der Waals surface area contributed by atoms with Gasteiger partial charge in [0.05, 0.1) is 16.3 Å². The summed E-state index contributed by atoms with van der Waals surface area (Å²) in [5.74, 6) is -2.81. The lowest BCUT2D eigenvalue weighted by atomic mass is 10.2. The molecule has 0 aliphatic heterocycles. The van der Waals surface area contributed by atoms with Crippen molar-refractivity contribution in [1.82, 2.24) is 4.98 Å². The molecule has 2 rings (SSSR count). The number of carbonyl (C=O) groups excluding carboxylic acids is 1. The van der Waals surface area contributed by atoms with Gasteiger partial charge in [0.15, 0.2) is 11.6 Å². The first-order valence-electron chi connectivity index (χ1n) is 5.15. The van der Waals surface area contributed by atoms with Crippen molar-refractivity contribution in [2.75, 3.05) is 11.1 Å². The van der Waals surface area contributed by atoms with Crippen molar-refractivity contribution >= 4 is 29.0 Å². The van der Waals surface area contributed by atoms with E-state index in [4.69, 9.17) is 17.3 Å². The third kappa shape index (κ3) is 2.79. The van der Waals surface area contributed by atoms with Crippen LogP contribution in [0.25, 0.3) is 0 Å². The fourth-order valence-electron chi connectivity index (χ4n) is 1.42. The molecule has 0 bridgehead atoms. The molecule has 1 aromatic carbocycles. The van der Waals surface area contributed by atoms with Gasteiger partial charge in [-0.15, -0.1) is 0 Å². The molecule has 0 aliphatic carbocycles. The van der Waals surface area contributed by atoms with Crippen molar-refractivity contribution < 1.29 is 13.6 Å². The molecule has 0 saturated carbocycles. The van der Waals surface area contributed by atoms with E-state index in [0.717, 1.165) is 6.07 Å². The Kier molecular flexibility index (Phi) is 3.62. The first-order valence-corrected chi connectivity index (χ1v) is 5.53. The third-order valence-corrected chi connectivity index (χ3v) is 2.62. The van der Waals surface area contributed by atoms with Crippen molar-refractivity contribution in [3.63, 3.8) is 0 Å². The largest absolute Gasteiger partial charge is 0.384 e. The number of rotatable bonds is 2. The fraction of sp³-hybridized carbons (Fsp3) is 0. The van der Waals surface area contributed by atoms with Gasteiger partial charge in [-0.05, 0) is 18.2 Å². The van der Waals surface area contributed by atoms with Crippen molar-refractivity contribution in [2.45, 2.75) is 0 Å². The molecule has 3 N–H and O–H groups in total. The minimum atomic E-state index is -1.14. The Morgan fingerprint density at radius 3 is 2.84 bits per heavy atom. The molecule has 98 valence electrons. The van der Waals surface area contributed by atoms with Gasteiger partial charge in [-0.3, -0.25) is 4.79 Å². The number of pyridine rings is 1. The zero-order chi connectivity index (χ0) is 14.0. The molecule has 0 spiro atoms. The van der Waals surface area contributed by atoms with Crippen LogP contribution in [-0.4, -0.2) is 10.9 Å². The maximum Gasteiger partial charge on any atom is 0.257 e. The number of amides is 1. The Balaban J connectivity index is 2.31. The van der Waals surface area contributed by atoms with Gasteiger partial charge in [-0.25, -0.2) is 13.8 Å². The van der Waals surface area contributed by atoms with Crippen LogP contribution in [0.15, 0.2) is 30.5 Å². The van der Waals surface area contributed by atoms with E-state index in [2.05, 4.69) is 10.3 Å². The topological polar surface area (TPSA) is 68.0 Å². The van der Waals surface area contributed by atoms with Gasteiger partial charge in [0.2, 0.25) is 0 Å². The second-order valence-corrected chi connectivity index (χ2v) is 4.05. The number of benzene rings is 1. The average molecular weight is 284 g/mol. The summed E-state index contributed by atoms with van der Waals surface area (Å²) >= 11 is 5.78. The lowest BCUT2D eigenvalue weighted by molar-refractivity contribution is 0.102. The number of nitrogen functional groups attached to an aromatic ring is 1. The average Bonchev–Trinajstić information content (AvgIpc) is 2.38. The van der Waals surface area contributed by atoms with E-state index in [9.17, 15) is 13.6 Å². The number of carbonyl (C=O) groups is 1. The highest BCUT2D eigenvalue weighted by atomic mass is 35.5. The fourth-order valence-corrected chi connectivity index (χ4v) is 1.61. The summed E-state index contributed by atoms with van der Waals surface area (Å²) in [6, 6.07) is 4.70. The molecule has 7 heteroatoms. The van der Waals surface area contributed by atoms with Crippen LogP contribution in [-0.2, 0) is 0 Å². The zero-order valence-corrected chi connectivity index (χ0v) is 10.2. The summed E-state index contributed by atoms with van der Waals surface area (Å²) in [7, 11) is 0. The molecule has 1 heterocycles. The van der Waals surface area contributed by atoms with E-state index in [1.807, 2.05) is 0 Å². The predicted molar refractivity (Wildman–Crippen MR) is 68.0 cm³/mol. The molecule has 4 nitrogen and oxygen atoms in total. The Bertz CT molecular complexity index is 649. The molecule has 2 aromatic rings. The van der Waals surface area contributed by atoms with E-state index < -0.39 is 17.5 Å². The highest BCUT2D eigenvalue weighted by Crippen LogP contribution is 2.21. The zero-order valence-electron chi connectivity index (χ0n) is 9.45. The molecule has 0 unspecified atom stereocenters. The van der Waals surface area contributed by atoms with Crippen LogP contribution in [0.4, 0.5) is 20.3 Å². The Morgan fingerprint density at radius 2 is 2.11 bits per heavy atom. The molecule has 0 saturated heterocycles. The number of nitrogens with one attached hydrogen (secondary N) is 1. The van der Waals surface area contributed by atoms with Gasteiger partial charge in [-0.1, -0.05) is 17.7 Å². The van der Waals surface area contributed by atoms with E-state index >= 15 is 0 Å². The Hall–Kier alpha value is -2.21. The lowest BCUT2D eigenvalue weighted by Crippen LogP contribution is -2.14. The van der Waals surface area contributed by atoms with Crippen molar-refractivity contribution in [1.29, 1.82) is 0 Å². The molecule has 19 heavy (non-hydrogen) atoms. The van der Waals surface area contributed by atoms with Crippen LogP contribution < -0.4 is 11.1 Å². The van der Waals surface area contributed by atoms with Crippen LogP contribution in [0.3, 0.4) is 0 Å². The van der Waals surface area contributed by atoms with Gasteiger partial charge in [-0.2, -0.15) is 0 Å². The smallest absolute Gasteiger partial charge is 0.257 e. The maximum absolute atomic E-state index is 13.4. The summed E-state index contributed by atoms with van der Waals surface area (Å²) < 4.78 is 26.4. The minimum absolute atomic E-state index is 0.0258. The number of hydrogen-bond acceptors (Lipinski definition) is 3. The molecule has 0 atom stereocenters. The van der Waals surface area contributed by atoms with Crippen LogP contribution in [0.2, 0.25) is 5.02 Å². The predicted octanol–water partition coefficient (Wildman–Crippen LogP) is 2.85. The van der Waals surface area contributed by atoms with Gasteiger partial charge in [0.1, 0.15) is 5.82 Å². The second-order valence-electron chi connectivity index (χ2n) is 3.64. The number of nitrogens with zero attached hydrogens (tertiary/aromatic N) is 1. The molecule has 0 radical (unpaired) electrons. The highest BCUT2D eigenvalue weighted by Gasteiger charge is 2.15. The van der Waals surface area contributed by atoms with Gasteiger partial charge in [0.25, 0.3) is 5.91 Å². The molecule has 1 amide bonds. The van der Waals surface area contributed by atoms with Crippen LogP contribution in [0.5, 0.6) is 0 Å². The van der Waals surface area contributed by atoms with Crippen LogP contribution in [0, 0.1) is 11.6 Å². The van der Waals surface area contributed by atoms with Gasteiger partial charge < -0.3 is 11.1 Å². The molecule has 0 fully saturated rings. The summed E-state index contributed by atoms with van der Waals surface area (Å²) in [5.41, 5.74) is 5.17. The first kappa shape index (κ1) is 13.2. The highest BCUT2D eigenvalue weighted by molar-refractivity contribution is 6.34. The monoisotopic (exact) mass is 283 g/mol. The lowest BCUT2D eigenvalue weighted by Gasteiger charge is -2.08. The minimum Gasteiger partial charge on any atom is -0.384 e. The number of nitrogens with two attached hydrogens (primary N) is 1. The summed E-state index contributed by atoms with van der Waals surface area (Å²) in [6.45, 7) is 0. The van der Waals surface area contributed by atoms with E-state index in [0.29, 0.717) is 0 Å². The third-order valence-electron chi connectivity index (χ3n) is 2.32. The first-order chi connectivity index (χ1) is 8.99. The molecular weight excluding hydrogens is 276 g/mol. The van der Waals surface area contributed by atoms with E-state index in [1.54, 1.807) is 0 Å². The summed E-state index contributed by atoms with van der Waals surface area (Å²) in [6.07, 6.45) is 1.20. The summed E-state index contributed by atoms with van der Waals surface area (Å²) in [4.78, 5) is 15.6. The van der Waals surface area contributed by atoms with Gasteiger partial charge >= 0.3 is 0 Å². The van der Waals surface area contributed by atoms with E-state index in [1.165, 1.54) is 24.4 Å². The summed E-state index contributed by atoms with van der Waals surface area (Å²) in [5, 5.41) is 2.27. The van der Waals surface area contributed by atoms with Crippen LogP contribution in [0.1, 0.15) is 10.4 Å². The number of halogens is 3. The van der Waals surface area contributed by atoms with E-state index in [-0.39, 0.29) is 22.1 Å². The molecular formula is C12H8ClF2N3O. The maximum atomic E-state index is 13.4. The molecule has 0 aliphatic rings. The number of hydrogen-bond donors (Lipinski definition) is 2. The number of aromatic nitrogens is 1. The van der Waals surface area contributed by atoms with Crippen LogP contribution >= 0.6 is 11.6 Å². The number of anilines is 2. The standard InChI is InChI=1S/C12H8ClF2N3O/c13-7-5-17-10(16)4-6(7)12(19)18-9-3-1-2-8(14)11(9)15/h1-5H,(H2,16,17)(H,18,19). The van der Waals surface area contributed by atoms with Gasteiger partial charge in [0, 0.05) is 6.20 Å². The Labute approximate surface area is 112 Å². The molecule has 1 aromatic heterocycles. The second kappa shape index (κ2) is 5.19. The van der Waals surface area contributed by atoms with Crippen molar-refractivity contribution in [3.05, 3.63) is 52.7 Å². The van der Waals surface area contributed by atoms with Crippen molar-refractivity contribution in [2.24, 2.45) is 0 Å². The SMILES string of the molecule is Nc1cc(C(=O)Nc2cccc(F)c2F)c(Cl)cn1. The Morgan fingerprint density at radius 1 is 1.37 bits per heavy atom. The quantitative estimate of drug-likeness (QED) is 0.890. The normalized spacial score (nSPS) is 10.3. The van der Waals surface area contributed by atoms with Crippen molar-refractivity contribution in [3.8, 4) is 0 Å².